The second-order valence-corrected chi connectivity index (χ2v) is 7.63. The third-order valence-electron chi connectivity index (χ3n) is 5.64. The minimum absolute atomic E-state index is 0.0243. The molecule has 0 radical (unpaired) electrons. The number of amides is 2. The Morgan fingerprint density at radius 3 is 2.69 bits per heavy atom. The molecular formula is C22H29N5O2. The molecule has 2 fully saturated rings. The van der Waals surface area contributed by atoms with Gasteiger partial charge in [0, 0.05) is 51.0 Å². The van der Waals surface area contributed by atoms with Crippen LogP contribution in [0.25, 0.3) is 0 Å². The molecule has 2 saturated heterocycles. The normalized spacial score (nSPS) is 20.5. The van der Waals surface area contributed by atoms with Gasteiger partial charge in [-0.2, -0.15) is 0 Å². The van der Waals surface area contributed by atoms with E-state index in [1.165, 1.54) is 5.56 Å². The first-order valence-electron chi connectivity index (χ1n) is 10.3. The van der Waals surface area contributed by atoms with Crippen LogP contribution in [0, 0.1) is 0 Å². The van der Waals surface area contributed by atoms with Crippen molar-refractivity contribution in [1.82, 2.24) is 20.1 Å². The summed E-state index contributed by atoms with van der Waals surface area (Å²) >= 11 is 0. The topological polar surface area (TPSA) is 60.9 Å². The van der Waals surface area contributed by atoms with Gasteiger partial charge in [0.15, 0.2) is 0 Å². The van der Waals surface area contributed by atoms with E-state index in [2.05, 4.69) is 39.3 Å². The van der Waals surface area contributed by atoms with Crippen molar-refractivity contribution in [3.8, 4) is 0 Å². The second kappa shape index (κ2) is 9.24. The number of benzene rings is 1. The Labute approximate surface area is 172 Å². The Balaban J connectivity index is 1.45. The number of aromatic nitrogens is 1. The summed E-state index contributed by atoms with van der Waals surface area (Å²) in [7, 11) is 2.11. The Kier molecular flexibility index (Phi) is 6.27. The van der Waals surface area contributed by atoms with Crippen LogP contribution in [0.2, 0.25) is 0 Å². The first-order chi connectivity index (χ1) is 14.2. The third-order valence-corrected chi connectivity index (χ3v) is 5.64. The number of likely N-dealkylation sites (N-methyl/N-ethyl adjacent to an activating group) is 1. The fourth-order valence-corrected chi connectivity index (χ4v) is 4.02. The lowest BCUT2D eigenvalue weighted by molar-refractivity contribution is 0.108. The molecule has 7 nitrogen and oxygen atoms in total. The molecule has 1 aromatic carbocycles. The van der Waals surface area contributed by atoms with Crippen LogP contribution in [0.15, 0.2) is 48.7 Å². The van der Waals surface area contributed by atoms with Crippen molar-refractivity contribution in [3.05, 3.63) is 59.8 Å². The van der Waals surface area contributed by atoms with Crippen molar-refractivity contribution in [3.63, 3.8) is 0 Å². The highest BCUT2D eigenvalue weighted by atomic mass is 16.5. The van der Waals surface area contributed by atoms with E-state index in [-0.39, 0.29) is 12.1 Å². The van der Waals surface area contributed by atoms with Crippen LogP contribution in [0.5, 0.6) is 0 Å². The monoisotopic (exact) mass is 395 g/mol. The fourth-order valence-electron chi connectivity index (χ4n) is 4.02. The molecule has 1 atom stereocenters. The molecule has 0 saturated carbocycles. The van der Waals surface area contributed by atoms with Crippen molar-refractivity contribution in [1.29, 1.82) is 0 Å². The van der Waals surface area contributed by atoms with Crippen LogP contribution in [-0.4, -0.2) is 73.8 Å². The predicted octanol–water partition coefficient (Wildman–Crippen LogP) is 2.12. The number of pyridine rings is 1. The zero-order valence-electron chi connectivity index (χ0n) is 17.0. The number of carbonyl (C=O) groups excluding carboxylic acids is 1. The molecule has 154 valence electrons. The molecule has 2 aliphatic rings. The van der Waals surface area contributed by atoms with Gasteiger partial charge in [0.2, 0.25) is 0 Å². The van der Waals surface area contributed by atoms with Gasteiger partial charge in [-0.05, 0) is 18.7 Å². The van der Waals surface area contributed by atoms with Crippen molar-refractivity contribution < 1.29 is 9.53 Å². The molecule has 1 N–H and O–H groups in total. The van der Waals surface area contributed by atoms with Crippen LogP contribution in [-0.2, 0) is 11.3 Å². The van der Waals surface area contributed by atoms with Crippen molar-refractivity contribution in [2.45, 2.75) is 12.6 Å². The molecule has 0 spiro atoms. The SMILES string of the molecule is CN1CCN(C(=O)NCc2cccnc2N2CCOCC2)[C@H](c2ccccc2)C1. The summed E-state index contributed by atoms with van der Waals surface area (Å²) in [6.07, 6.45) is 1.81. The fraction of sp³-hybridized carbons (Fsp3) is 0.455. The molecule has 0 aliphatic carbocycles. The molecule has 29 heavy (non-hydrogen) atoms. The first-order valence-corrected chi connectivity index (χ1v) is 10.3. The molecular weight excluding hydrogens is 366 g/mol. The lowest BCUT2D eigenvalue weighted by atomic mass is 10.0. The molecule has 2 aliphatic heterocycles. The summed E-state index contributed by atoms with van der Waals surface area (Å²) in [6, 6.07) is 14.3. The number of carbonyl (C=O) groups is 1. The first kappa shape index (κ1) is 19.7. The number of morpholine rings is 1. The number of rotatable bonds is 4. The van der Waals surface area contributed by atoms with Gasteiger partial charge in [-0.1, -0.05) is 36.4 Å². The molecule has 2 aromatic rings. The molecule has 7 heteroatoms. The van der Waals surface area contributed by atoms with E-state index < -0.39 is 0 Å². The molecule has 1 aromatic heterocycles. The summed E-state index contributed by atoms with van der Waals surface area (Å²) in [5.41, 5.74) is 2.21. The van der Waals surface area contributed by atoms with E-state index in [1.807, 2.05) is 41.4 Å². The second-order valence-electron chi connectivity index (χ2n) is 7.63. The number of nitrogens with zero attached hydrogens (tertiary/aromatic N) is 4. The number of urea groups is 1. The summed E-state index contributed by atoms with van der Waals surface area (Å²) < 4.78 is 5.45. The number of piperazine rings is 1. The maximum absolute atomic E-state index is 13.1. The van der Waals surface area contributed by atoms with E-state index in [0.29, 0.717) is 26.3 Å². The van der Waals surface area contributed by atoms with Gasteiger partial charge in [0.1, 0.15) is 5.82 Å². The van der Waals surface area contributed by atoms with Gasteiger partial charge in [-0.3, -0.25) is 0 Å². The number of anilines is 1. The largest absolute Gasteiger partial charge is 0.378 e. The van der Waals surface area contributed by atoms with Crippen LogP contribution in [0.1, 0.15) is 17.2 Å². The lowest BCUT2D eigenvalue weighted by Gasteiger charge is -2.40. The Bertz CT molecular complexity index is 810. The van der Waals surface area contributed by atoms with Gasteiger partial charge in [0.05, 0.1) is 19.3 Å². The van der Waals surface area contributed by atoms with Gasteiger partial charge in [-0.15, -0.1) is 0 Å². The molecule has 0 unspecified atom stereocenters. The maximum Gasteiger partial charge on any atom is 0.318 e. The van der Waals surface area contributed by atoms with Gasteiger partial charge in [0.25, 0.3) is 0 Å². The van der Waals surface area contributed by atoms with Gasteiger partial charge >= 0.3 is 6.03 Å². The Morgan fingerprint density at radius 1 is 1.10 bits per heavy atom. The standard InChI is InChI=1S/C22H29N5O2/c1-25-10-11-27(20(17-25)18-6-3-2-4-7-18)22(28)24-16-19-8-5-9-23-21(19)26-12-14-29-15-13-26/h2-9,20H,10-17H2,1H3,(H,24,28)/t20-/m0/s1. The summed E-state index contributed by atoms with van der Waals surface area (Å²) in [5.74, 6) is 0.939. The molecule has 3 heterocycles. The number of hydrogen-bond donors (Lipinski definition) is 1. The van der Waals surface area contributed by atoms with E-state index in [9.17, 15) is 4.79 Å². The maximum atomic E-state index is 13.1. The van der Waals surface area contributed by atoms with E-state index >= 15 is 0 Å². The highest BCUT2D eigenvalue weighted by Gasteiger charge is 2.30. The Hall–Kier alpha value is -2.64. The lowest BCUT2D eigenvalue weighted by Crippen LogP contribution is -2.52. The van der Waals surface area contributed by atoms with Gasteiger partial charge < -0.3 is 24.8 Å². The summed E-state index contributed by atoms with van der Waals surface area (Å²) in [4.78, 5) is 24.1. The van der Waals surface area contributed by atoms with Gasteiger partial charge in [-0.25, -0.2) is 9.78 Å². The van der Waals surface area contributed by atoms with Crippen LogP contribution >= 0.6 is 0 Å². The molecule has 0 bridgehead atoms. The summed E-state index contributed by atoms with van der Waals surface area (Å²) in [6.45, 7) is 5.97. The smallest absolute Gasteiger partial charge is 0.318 e. The summed E-state index contributed by atoms with van der Waals surface area (Å²) in [5, 5.41) is 3.13. The average Bonchev–Trinajstić information content (AvgIpc) is 2.79. The zero-order chi connectivity index (χ0) is 20.1. The minimum Gasteiger partial charge on any atom is -0.378 e. The number of nitrogens with one attached hydrogen (secondary N) is 1. The Morgan fingerprint density at radius 2 is 1.90 bits per heavy atom. The molecule has 2 amide bonds. The highest BCUT2D eigenvalue weighted by Crippen LogP contribution is 2.25. The minimum atomic E-state index is -0.0243. The van der Waals surface area contributed by atoms with Crippen molar-refractivity contribution in [2.75, 3.05) is 57.9 Å². The van der Waals surface area contributed by atoms with Crippen LogP contribution < -0.4 is 10.2 Å². The van der Waals surface area contributed by atoms with Crippen molar-refractivity contribution in [2.24, 2.45) is 0 Å². The number of ether oxygens (including phenoxy) is 1. The molecule has 4 rings (SSSR count). The third kappa shape index (κ3) is 4.68. The quantitative estimate of drug-likeness (QED) is 0.859. The highest BCUT2D eigenvalue weighted by molar-refractivity contribution is 5.75. The number of hydrogen-bond acceptors (Lipinski definition) is 5. The van der Waals surface area contributed by atoms with Crippen molar-refractivity contribution >= 4 is 11.8 Å². The van der Waals surface area contributed by atoms with E-state index in [1.54, 1.807) is 0 Å². The average molecular weight is 396 g/mol. The predicted molar refractivity (Wildman–Crippen MR) is 113 cm³/mol. The van der Waals surface area contributed by atoms with E-state index in [4.69, 9.17) is 4.74 Å². The van der Waals surface area contributed by atoms with Crippen LogP contribution in [0.3, 0.4) is 0 Å². The zero-order valence-corrected chi connectivity index (χ0v) is 17.0. The van der Waals surface area contributed by atoms with Crippen LogP contribution in [0.4, 0.5) is 10.6 Å². The van der Waals surface area contributed by atoms with E-state index in [0.717, 1.165) is 37.6 Å².